The van der Waals surface area contributed by atoms with Crippen molar-refractivity contribution in [2.24, 2.45) is 5.92 Å². The minimum absolute atomic E-state index is 0.299. The number of rotatable bonds is 5. The second-order valence-electron chi connectivity index (χ2n) is 7.74. The standard InChI is InChI=1S/C18H28N2O3/c1-18(2,3)23-17(21)19-11-15(12-7-8-12)20-14-5-4-6-16-13(14)9-10-22-16/h9-10,12,14-15,20H,4-8,11H2,1-3H3,(H,19,21). The number of furan rings is 1. The van der Waals surface area contributed by atoms with E-state index in [0.29, 0.717) is 24.5 Å². The SMILES string of the molecule is CC(C)(C)OC(=O)NCC(NC1CCCc2occc21)C1CC1. The number of hydrogen-bond donors (Lipinski definition) is 2. The maximum absolute atomic E-state index is 11.9. The molecule has 1 amide bonds. The molecule has 1 heterocycles. The second kappa shape index (κ2) is 6.56. The van der Waals surface area contributed by atoms with Crippen LogP contribution in [0.1, 0.15) is 63.8 Å². The third-order valence-electron chi connectivity index (χ3n) is 4.52. The van der Waals surface area contributed by atoms with Crippen LogP contribution in [-0.4, -0.2) is 24.3 Å². The number of amides is 1. The number of fused-ring (bicyclic) bond motifs is 1. The molecule has 23 heavy (non-hydrogen) atoms. The van der Waals surface area contributed by atoms with Gasteiger partial charge in [-0.3, -0.25) is 0 Å². The van der Waals surface area contributed by atoms with E-state index in [9.17, 15) is 4.79 Å². The molecule has 0 spiro atoms. The van der Waals surface area contributed by atoms with Crippen molar-refractivity contribution in [2.45, 2.75) is 70.6 Å². The van der Waals surface area contributed by atoms with Gasteiger partial charge in [-0.05, 0) is 58.4 Å². The first-order chi connectivity index (χ1) is 10.9. The van der Waals surface area contributed by atoms with Crippen LogP contribution in [0.4, 0.5) is 4.79 Å². The molecule has 1 fully saturated rings. The topological polar surface area (TPSA) is 63.5 Å². The predicted molar refractivity (Wildman–Crippen MR) is 88.3 cm³/mol. The first-order valence-corrected chi connectivity index (χ1v) is 8.71. The molecule has 2 atom stereocenters. The molecule has 2 N–H and O–H groups in total. The summed E-state index contributed by atoms with van der Waals surface area (Å²) in [4.78, 5) is 11.9. The highest BCUT2D eigenvalue weighted by atomic mass is 16.6. The second-order valence-corrected chi connectivity index (χ2v) is 7.74. The summed E-state index contributed by atoms with van der Waals surface area (Å²) in [5.74, 6) is 1.77. The zero-order valence-electron chi connectivity index (χ0n) is 14.4. The summed E-state index contributed by atoms with van der Waals surface area (Å²) in [6.45, 7) is 6.26. The van der Waals surface area contributed by atoms with E-state index in [1.165, 1.54) is 18.4 Å². The van der Waals surface area contributed by atoms with Crippen LogP contribution in [0.5, 0.6) is 0 Å². The van der Waals surface area contributed by atoms with E-state index in [1.807, 2.05) is 20.8 Å². The van der Waals surface area contributed by atoms with Gasteiger partial charge in [-0.15, -0.1) is 0 Å². The van der Waals surface area contributed by atoms with Gasteiger partial charge in [-0.1, -0.05) is 0 Å². The number of alkyl carbamates (subject to hydrolysis) is 1. The number of aryl methyl sites for hydroxylation is 1. The van der Waals surface area contributed by atoms with E-state index in [1.54, 1.807) is 6.26 Å². The molecule has 2 aliphatic carbocycles. The van der Waals surface area contributed by atoms with Crippen molar-refractivity contribution in [3.05, 3.63) is 23.7 Å². The molecule has 0 bridgehead atoms. The highest BCUT2D eigenvalue weighted by Gasteiger charge is 2.34. The van der Waals surface area contributed by atoms with Crippen molar-refractivity contribution in [1.82, 2.24) is 10.6 Å². The highest BCUT2D eigenvalue weighted by Crippen LogP contribution is 2.36. The Morgan fingerprint density at radius 2 is 2.17 bits per heavy atom. The molecular formula is C18H28N2O3. The summed E-state index contributed by atoms with van der Waals surface area (Å²) in [6.07, 6.45) is 7.23. The van der Waals surface area contributed by atoms with Crippen LogP contribution in [0, 0.1) is 5.92 Å². The fourth-order valence-corrected chi connectivity index (χ4v) is 3.29. The maximum Gasteiger partial charge on any atom is 0.407 e. The van der Waals surface area contributed by atoms with Crippen LogP contribution < -0.4 is 10.6 Å². The Bertz CT molecular complexity index is 543. The Morgan fingerprint density at radius 3 is 2.87 bits per heavy atom. The molecule has 128 valence electrons. The smallest absolute Gasteiger partial charge is 0.407 e. The van der Waals surface area contributed by atoms with Gasteiger partial charge in [0.05, 0.1) is 6.26 Å². The van der Waals surface area contributed by atoms with E-state index in [0.717, 1.165) is 25.0 Å². The van der Waals surface area contributed by atoms with Gasteiger partial charge in [0, 0.05) is 30.6 Å². The van der Waals surface area contributed by atoms with Crippen LogP contribution in [0.25, 0.3) is 0 Å². The molecule has 0 aliphatic heterocycles. The number of carbonyl (C=O) groups excluding carboxylic acids is 1. The first kappa shape index (κ1) is 16.4. The van der Waals surface area contributed by atoms with E-state index in [4.69, 9.17) is 9.15 Å². The van der Waals surface area contributed by atoms with Gasteiger partial charge in [-0.2, -0.15) is 0 Å². The Morgan fingerprint density at radius 1 is 1.39 bits per heavy atom. The van der Waals surface area contributed by atoms with Crippen LogP contribution in [0.2, 0.25) is 0 Å². The zero-order chi connectivity index (χ0) is 16.4. The molecule has 5 nitrogen and oxygen atoms in total. The first-order valence-electron chi connectivity index (χ1n) is 8.71. The summed E-state index contributed by atoms with van der Waals surface area (Å²) >= 11 is 0. The van der Waals surface area contributed by atoms with Gasteiger partial charge >= 0.3 is 6.09 Å². The van der Waals surface area contributed by atoms with Gasteiger partial charge in [-0.25, -0.2) is 4.79 Å². The molecule has 0 radical (unpaired) electrons. The van der Waals surface area contributed by atoms with Gasteiger partial charge in [0.15, 0.2) is 0 Å². The van der Waals surface area contributed by atoms with Crippen molar-refractivity contribution >= 4 is 6.09 Å². The van der Waals surface area contributed by atoms with Crippen molar-refractivity contribution in [3.63, 3.8) is 0 Å². The summed E-state index contributed by atoms with van der Waals surface area (Å²) in [7, 11) is 0. The maximum atomic E-state index is 11.9. The van der Waals surface area contributed by atoms with E-state index in [-0.39, 0.29) is 6.09 Å². The summed E-state index contributed by atoms with van der Waals surface area (Å²) in [5, 5.41) is 6.67. The Kier molecular flexibility index (Phi) is 4.67. The van der Waals surface area contributed by atoms with Crippen LogP contribution in [0.15, 0.2) is 16.7 Å². The van der Waals surface area contributed by atoms with Crippen LogP contribution in [0.3, 0.4) is 0 Å². The van der Waals surface area contributed by atoms with Crippen molar-refractivity contribution < 1.29 is 13.9 Å². The number of nitrogens with one attached hydrogen (secondary N) is 2. The van der Waals surface area contributed by atoms with Gasteiger partial charge < -0.3 is 19.8 Å². The molecule has 2 unspecified atom stereocenters. The van der Waals surface area contributed by atoms with Crippen molar-refractivity contribution in [1.29, 1.82) is 0 Å². The fraction of sp³-hybridized carbons (Fsp3) is 0.722. The molecule has 0 saturated heterocycles. The quantitative estimate of drug-likeness (QED) is 0.871. The number of hydrogen-bond acceptors (Lipinski definition) is 4. The summed E-state index contributed by atoms with van der Waals surface area (Å²) < 4.78 is 10.9. The van der Waals surface area contributed by atoms with E-state index >= 15 is 0 Å². The van der Waals surface area contributed by atoms with E-state index in [2.05, 4.69) is 16.7 Å². The van der Waals surface area contributed by atoms with Gasteiger partial charge in [0.1, 0.15) is 11.4 Å². The molecule has 2 aliphatic rings. The largest absolute Gasteiger partial charge is 0.469 e. The fourth-order valence-electron chi connectivity index (χ4n) is 3.29. The highest BCUT2D eigenvalue weighted by molar-refractivity contribution is 5.67. The molecular weight excluding hydrogens is 292 g/mol. The molecule has 0 aromatic carbocycles. The zero-order valence-corrected chi connectivity index (χ0v) is 14.4. The van der Waals surface area contributed by atoms with Crippen LogP contribution >= 0.6 is 0 Å². The normalized spacial score (nSPS) is 22.3. The lowest BCUT2D eigenvalue weighted by Crippen LogP contribution is -2.45. The minimum Gasteiger partial charge on any atom is -0.469 e. The molecule has 1 aromatic rings. The number of carbonyl (C=O) groups is 1. The van der Waals surface area contributed by atoms with E-state index < -0.39 is 5.60 Å². The third-order valence-corrected chi connectivity index (χ3v) is 4.52. The van der Waals surface area contributed by atoms with Crippen LogP contribution in [-0.2, 0) is 11.2 Å². The third kappa shape index (κ3) is 4.50. The van der Waals surface area contributed by atoms with Crippen molar-refractivity contribution in [2.75, 3.05) is 6.54 Å². The monoisotopic (exact) mass is 320 g/mol. The lowest BCUT2D eigenvalue weighted by molar-refractivity contribution is 0.0519. The Hall–Kier alpha value is -1.49. The molecule has 3 rings (SSSR count). The molecule has 1 aromatic heterocycles. The lowest BCUT2D eigenvalue weighted by Gasteiger charge is -2.29. The average Bonchev–Trinajstić information content (AvgIpc) is 3.18. The predicted octanol–water partition coefficient (Wildman–Crippen LogP) is 3.55. The lowest BCUT2D eigenvalue weighted by atomic mass is 9.92. The molecule has 1 saturated carbocycles. The Labute approximate surface area is 138 Å². The van der Waals surface area contributed by atoms with Crippen molar-refractivity contribution in [3.8, 4) is 0 Å². The van der Waals surface area contributed by atoms with Gasteiger partial charge in [0.2, 0.25) is 0 Å². The minimum atomic E-state index is -0.457. The summed E-state index contributed by atoms with van der Waals surface area (Å²) in [5.41, 5.74) is 0.834. The number of ether oxygens (including phenoxy) is 1. The Balaban J connectivity index is 1.55. The summed E-state index contributed by atoms with van der Waals surface area (Å²) in [6, 6.07) is 2.72. The van der Waals surface area contributed by atoms with Gasteiger partial charge in [0.25, 0.3) is 0 Å². The average molecular weight is 320 g/mol. The molecule has 5 heteroatoms.